The van der Waals surface area contributed by atoms with E-state index in [1.807, 2.05) is 19.2 Å². The lowest BCUT2D eigenvalue weighted by Crippen LogP contribution is -2.42. The maximum absolute atomic E-state index is 6.23. The van der Waals surface area contributed by atoms with E-state index in [0.29, 0.717) is 12.1 Å². The molecule has 110 valence electrons. The smallest absolute Gasteiger partial charge is 0.125 e. The minimum Gasteiger partial charge on any atom is -0.493 e. The van der Waals surface area contributed by atoms with E-state index in [9.17, 15) is 0 Å². The molecule has 0 amide bonds. The molecule has 0 aromatic heterocycles. The highest BCUT2D eigenvalue weighted by atomic mass is 35.5. The van der Waals surface area contributed by atoms with Gasteiger partial charge in [-0.15, -0.1) is 0 Å². The molecule has 2 aliphatic rings. The molecule has 0 bridgehead atoms. The monoisotopic (exact) mass is 295 g/mol. The second-order valence-corrected chi connectivity index (χ2v) is 6.09. The first kappa shape index (κ1) is 14.2. The maximum Gasteiger partial charge on any atom is 0.125 e. The van der Waals surface area contributed by atoms with Gasteiger partial charge >= 0.3 is 0 Å². The van der Waals surface area contributed by atoms with Gasteiger partial charge in [0, 0.05) is 24.1 Å². The first-order chi connectivity index (χ1) is 9.78. The number of benzene rings is 1. The van der Waals surface area contributed by atoms with Crippen LogP contribution in [0.5, 0.6) is 5.75 Å². The van der Waals surface area contributed by atoms with Crippen LogP contribution in [-0.2, 0) is 17.6 Å². The van der Waals surface area contributed by atoms with Gasteiger partial charge in [0.1, 0.15) is 5.75 Å². The summed E-state index contributed by atoms with van der Waals surface area (Å²) >= 11 is 6.23. The Labute approximate surface area is 125 Å². The molecule has 0 radical (unpaired) electrons. The number of hydrogen-bond acceptors (Lipinski definition) is 3. The van der Waals surface area contributed by atoms with Crippen LogP contribution in [-0.4, -0.2) is 32.4 Å². The Balaban J connectivity index is 1.78. The van der Waals surface area contributed by atoms with Crippen LogP contribution >= 0.6 is 11.6 Å². The van der Waals surface area contributed by atoms with Crippen molar-refractivity contribution >= 4 is 11.6 Å². The summed E-state index contributed by atoms with van der Waals surface area (Å²) in [7, 11) is 2.01. The standard InChI is InChI=1S/C16H22ClNO2/c1-18-14(15-4-2-3-6-19-15)10-12-9-13(17)8-11-5-7-20-16(11)12/h8-9,14-15,18H,2-7,10H2,1H3. The zero-order valence-corrected chi connectivity index (χ0v) is 12.7. The third kappa shape index (κ3) is 2.95. The highest BCUT2D eigenvalue weighted by Crippen LogP contribution is 2.34. The quantitative estimate of drug-likeness (QED) is 0.926. The van der Waals surface area contributed by atoms with Crippen molar-refractivity contribution in [2.75, 3.05) is 20.3 Å². The molecule has 1 aromatic carbocycles. The maximum atomic E-state index is 6.23. The zero-order chi connectivity index (χ0) is 13.9. The van der Waals surface area contributed by atoms with Gasteiger partial charge in [-0.3, -0.25) is 0 Å². The van der Waals surface area contributed by atoms with Crippen LogP contribution < -0.4 is 10.1 Å². The topological polar surface area (TPSA) is 30.5 Å². The molecule has 1 saturated heterocycles. The SMILES string of the molecule is CNC(Cc1cc(Cl)cc2c1OCC2)C1CCCCO1. The van der Waals surface area contributed by atoms with E-state index in [-0.39, 0.29) is 0 Å². The molecular formula is C16H22ClNO2. The van der Waals surface area contributed by atoms with Crippen LogP contribution in [0.15, 0.2) is 12.1 Å². The molecule has 0 saturated carbocycles. The Hall–Kier alpha value is -0.770. The molecule has 2 unspecified atom stereocenters. The lowest BCUT2D eigenvalue weighted by Gasteiger charge is -2.30. The number of rotatable bonds is 4. The second-order valence-electron chi connectivity index (χ2n) is 5.66. The zero-order valence-electron chi connectivity index (χ0n) is 12.0. The Morgan fingerprint density at radius 2 is 2.25 bits per heavy atom. The van der Waals surface area contributed by atoms with Crippen molar-refractivity contribution in [2.45, 2.75) is 44.2 Å². The van der Waals surface area contributed by atoms with E-state index in [1.54, 1.807) is 0 Å². The summed E-state index contributed by atoms with van der Waals surface area (Å²) in [5.74, 6) is 1.05. The normalized spacial score (nSPS) is 23.2. The van der Waals surface area contributed by atoms with E-state index in [4.69, 9.17) is 21.1 Å². The van der Waals surface area contributed by atoms with Gasteiger partial charge in [0.25, 0.3) is 0 Å². The average Bonchev–Trinajstić information content (AvgIpc) is 2.93. The van der Waals surface area contributed by atoms with Crippen molar-refractivity contribution in [2.24, 2.45) is 0 Å². The lowest BCUT2D eigenvalue weighted by molar-refractivity contribution is -0.00595. The largest absolute Gasteiger partial charge is 0.493 e. The van der Waals surface area contributed by atoms with Gasteiger partial charge in [-0.25, -0.2) is 0 Å². The molecule has 2 aliphatic heterocycles. The van der Waals surface area contributed by atoms with Gasteiger partial charge in [-0.05, 0) is 56.0 Å². The van der Waals surface area contributed by atoms with Gasteiger partial charge in [-0.1, -0.05) is 11.6 Å². The molecule has 3 rings (SSSR count). The molecule has 1 aromatic rings. The van der Waals surface area contributed by atoms with E-state index >= 15 is 0 Å². The molecule has 2 atom stereocenters. The molecule has 20 heavy (non-hydrogen) atoms. The molecular weight excluding hydrogens is 274 g/mol. The third-order valence-electron chi connectivity index (χ3n) is 4.30. The molecule has 0 aliphatic carbocycles. The second kappa shape index (κ2) is 6.33. The first-order valence-electron chi connectivity index (χ1n) is 7.51. The predicted octanol–water partition coefficient (Wildman–Crippen LogP) is 2.97. The summed E-state index contributed by atoms with van der Waals surface area (Å²) < 4.78 is 11.7. The average molecular weight is 296 g/mol. The van der Waals surface area contributed by atoms with Crippen LogP contribution in [0.2, 0.25) is 5.02 Å². The highest BCUT2D eigenvalue weighted by molar-refractivity contribution is 6.30. The van der Waals surface area contributed by atoms with Gasteiger partial charge < -0.3 is 14.8 Å². The van der Waals surface area contributed by atoms with Crippen molar-refractivity contribution in [3.8, 4) is 5.75 Å². The van der Waals surface area contributed by atoms with Crippen LogP contribution in [0.25, 0.3) is 0 Å². The predicted molar refractivity (Wildman–Crippen MR) is 80.8 cm³/mol. The highest BCUT2D eigenvalue weighted by Gasteiger charge is 2.26. The molecule has 4 heteroatoms. The van der Waals surface area contributed by atoms with Gasteiger partial charge in [0.05, 0.1) is 12.7 Å². The number of fused-ring (bicyclic) bond motifs is 1. The van der Waals surface area contributed by atoms with Crippen molar-refractivity contribution in [3.63, 3.8) is 0 Å². The minimum absolute atomic E-state index is 0.296. The fourth-order valence-corrected chi connectivity index (χ4v) is 3.50. The molecule has 1 fully saturated rings. The van der Waals surface area contributed by atoms with Crippen molar-refractivity contribution in [1.29, 1.82) is 0 Å². The Morgan fingerprint density at radius 1 is 1.35 bits per heavy atom. The molecule has 3 nitrogen and oxygen atoms in total. The Morgan fingerprint density at radius 3 is 3.00 bits per heavy atom. The molecule has 0 spiro atoms. The number of halogens is 1. The van der Waals surface area contributed by atoms with Crippen molar-refractivity contribution in [3.05, 3.63) is 28.3 Å². The third-order valence-corrected chi connectivity index (χ3v) is 4.52. The van der Waals surface area contributed by atoms with Crippen LogP contribution in [0, 0.1) is 0 Å². The summed E-state index contributed by atoms with van der Waals surface area (Å²) in [6.07, 6.45) is 5.74. The van der Waals surface area contributed by atoms with Crippen LogP contribution in [0.1, 0.15) is 30.4 Å². The van der Waals surface area contributed by atoms with Crippen LogP contribution in [0.4, 0.5) is 0 Å². The Kier molecular flexibility index (Phi) is 4.49. The molecule has 2 heterocycles. The summed E-state index contributed by atoms with van der Waals surface area (Å²) in [5.41, 5.74) is 2.45. The Bertz CT molecular complexity index is 472. The number of hydrogen-bond donors (Lipinski definition) is 1. The first-order valence-corrected chi connectivity index (χ1v) is 7.88. The van der Waals surface area contributed by atoms with Gasteiger partial charge in [-0.2, -0.15) is 0 Å². The van der Waals surface area contributed by atoms with Gasteiger partial charge in [0.15, 0.2) is 0 Å². The fraction of sp³-hybridized carbons (Fsp3) is 0.625. The summed E-state index contributed by atoms with van der Waals surface area (Å²) in [5, 5.41) is 4.22. The van der Waals surface area contributed by atoms with E-state index < -0.39 is 0 Å². The van der Waals surface area contributed by atoms with E-state index in [1.165, 1.54) is 24.0 Å². The van der Waals surface area contributed by atoms with E-state index in [2.05, 4.69) is 5.32 Å². The van der Waals surface area contributed by atoms with Crippen molar-refractivity contribution < 1.29 is 9.47 Å². The number of likely N-dealkylation sites (N-methyl/N-ethyl adjacent to an activating group) is 1. The summed E-state index contributed by atoms with van der Waals surface area (Å²) in [6, 6.07) is 4.39. The van der Waals surface area contributed by atoms with Gasteiger partial charge in [0.2, 0.25) is 0 Å². The number of ether oxygens (including phenoxy) is 2. The fourth-order valence-electron chi connectivity index (χ4n) is 3.24. The lowest BCUT2D eigenvalue weighted by atomic mass is 9.94. The number of nitrogens with one attached hydrogen (secondary N) is 1. The minimum atomic E-state index is 0.296. The summed E-state index contributed by atoms with van der Waals surface area (Å²) in [6.45, 7) is 1.65. The summed E-state index contributed by atoms with van der Waals surface area (Å²) in [4.78, 5) is 0. The van der Waals surface area contributed by atoms with Crippen LogP contribution in [0.3, 0.4) is 0 Å². The van der Waals surface area contributed by atoms with E-state index in [0.717, 1.165) is 43.2 Å². The van der Waals surface area contributed by atoms with Crippen molar-refractivity contribution in [1.82, 2.24) is 5.32 Å². The molecule has 1 N–H and O–H groups in total.